The third kappa shape index (κ3) is 5.15. The number of amides is 1. The minimum atomic E-state index is -0.413. The zero-order chi connectivity index (χ0) is 16.3. The number of hydrogen-bond acceptors (Lipinski definition) is 3. The first-order valence-corrected chi connectivity index (χ1v) is 9.01. The van der Waals surface area contributed by atoms with E-state index in [4.69, 9.17) is 4.74 Å². The molecule has 4 heteroatoms. The largest absolute Gasteiger partial charge is 0.444 e. The lowest BCUT2D eigenvalue weighted by Crippen LogP contribution is -2.47. The van der Waals surface area contributed by atoms with E-state index >= 15 is 0 Å². The third-order valence-corrected chi connectivity index (χ3v) is 4.89. The summed E-state index contributed by atoms with van der Waals surface area (Å²) >= 11 is 0. The van der Waals surface area contributed by atoms with E-state index in [1.807, 2.05) is 25.7 Å². The van der Waals surface area contributed by atoms with Gasteiger partial charge in [0.25, 0.3) is 0 Å². The Morgan fingerprint density at radius 1 is 1.14 bits per heavy atom. The van der Waals surface area contributed by atoms with E-state index in [1.165, 1.54) is 19.3 Å². The lowest BCUT2D eigenvalue weighted by atomic mass is 9.79. The van der Waals surface area contributed by atoms with Crippen molar-refractivity contribution in [3.63, 3.8) is 0 Å². The summed E-state index contributed by atoms with van der Waals surface area (Å²) in [4.78, 5) is 14.3. The Bertz CT molecular complexity index is 364. The molecule has 2 fully saturated rings. The lowest BCUT2D eigenvalue weighted by Gasteiger charge is -2.36. The summed E-state index contributed by atoms with van der Waals surface area (Å²) in [6.45, 7) is 12.1. The van der Waals surface area contributed by atoms with Gasteiger partial charge in [0, 0.05) is 25.2 Å². The minimum absolute atomic E-state index is 0.151. The molecule has 0 radical (unpaired) electrons. The maximum atomic E-state index is 12.3. The van der Waals surface area contributed by atoms with Crippen molar-refractivity contribution in [2.24, 2.45) is 11.8 Å². The summed E-state index contributed by atoms with van der Waals surface area (Å²) in [5, 5.41) is 3.70. The van der Waals surface area contributed by atoms with Crippen LogP contribution in [0.2, 0.25) is 0 Å². The van der Waals surface area contributed by atoms with E-state index in [0.717, 1.165) is 37.8 Å². The summed E-state index contributed by atoms with van der Waals surface area (Å²) in [5.41, 5.74) is -0.413. The molecule has 0 aromatic rings. The zero-order valence-electron chi connectivity index (χ0n) is 15.0. The minimum Gasteiger partial charge on any atom is -0.444 e. The maximum Gasteiger partial charge on any atom is 0.410 e. The number of carbonyl (C=O) groups excluding carboxylic acids is 1. The Morgan fingerprint density at radius 2 is 1.73 bits per heavy atom. The van der Waals surface area contributed by atoms with Gasteiger partial charge in [0.15, 0.2) is 0 Å². The van der Waals surface area contributed by atoms with Crippen LogP contribution >= 0.6 is 0 Å². The number of nitrogens with one attached hydrogen (secondary N) is 1. The molecular formula is C18H34N2O2. The van der Waals surface area contributed by atoms with Gasteiger partial charge in [-0.05, 0) is 58.3 Å². The highest BCUT2D eigenvalue weighted by molar-refractivity contribution is 5.69. The van der Waals surface area contributed by atoms with Gasteiger partial charge >= 0.3 is 6.09 Å². The van der Waals surface area contributed by atoms with Crippen LogP contribution in [0, 0.1) is 11.8 Å². The highest BCUT2D eigenvalue weighted by atomic mass is 16.6. The number of hydrogen-bond donors (Lipinski definition) is 1. The van der Waals surface area contributed by atoms with E-state index in [2.05, 4.69) is 19.2 Å². The first-order valence-electron chi connectivity index (χ1n) is 9.01. The molecule has 1 N–H and O–H groups in total. The molecule has 4 nitrogen and oxygen atoms in total. The maximum absolute atomic E-state index is 12.3. The number of ether oxygens (including phenoxy) is 1. The van der Waals surface area contributed by atoms with Gasteiger partial charge in [0.2, 0.25) is 0 Å². The smallest absolute Gasteiger partial charge is 0.410 e. The average molecular weight is 310 g/mol. The molecule has 0 saturated heterocycles. The fourth-order valence-corrected chi connectivity index (χ4v) is 3.57. The van der Waals surface area contributed by atoms with Crippen molar-refractivity contribution >= 4 is 6.09 Å². The zero-order valence-corrected chi connectivity index (χ0v) is 15.0. The molecule has 0 aromatic heterocycles. The standard InChI is InChI=1S/C18H34N2O2/c1-13-7-6-8-14(2)16(13)19-11-12-20(15-9-10-15)17(21)22-18(3,4)5/h13-16,19H,6-12H2,1-5H3. The van der Waals surface area contributed by atoms with E-state index < -0.39 is 5.60 Å². The predicted octanol–water partition coefficient (Wildman–Crippen LogP) is 3.80. The fraction of sp³-hybridized carbons (Fsp3) is 0.944. The Labute approximate surface area is 136 Å². The molecular weight excluding hydrogens is 276 g/mol. The van der Waals surface area contributed by atoms with Gasteiger partial charge < -0.3 is 15.0 Å². The van der Waals surface area contributed by atoms with E-state index in [1.54, 1.807) is 0 Å². The quantitative estimate of drug-likeness (QED) is 0.840. The second-order valence-corrected chi connectivity index (χ2v) is 8.27. The summed E-state index contributed by atoms with van der Waals surface area (Å²) in [6.07, 6.45) is 6.08. The van der Waals surface area contributed by atoms with E-state index in [9.17, 15) is 4.79 Å². The Kier molecular flexibility index (Phi) is 5.76. The summed E-state index contributed by atoms with van der Waals surface area (Å²) in [7, 11) is 0. The van der Waals surface area contributed by atoms with Crippen LogP contribution in [0.3, 0.4) is 0 Å². The van der Waals surface area contributed by atoms with Gasteiger partial charge in [-0.3, -0.25) is 0 Å². The van der Waals surface area contributed by atoms with Crippen LogP contribution in [0.15, 0.2) is 0 Å². The summed E-state index contributed by atoms with van der Waals surface area (Å²) in [5.74, 6) is 1.47. The summed E-state index contributed by atoms with van der Waals surface area (Å²) in [6, 6.07) is 0.992. The molecule has 1 amide bonds. The monoisotopic (exact) mass is 310 g/mol. The van der Waals surface area contributed by atoms with Crippen LogP contribution in [0.4, 0.5) is 4.79 Å². The van der Waals surface area contributed by atoms with Crippen LogP contribution in [0.1, 0.15) is 66.7 Å². The number of nitrogens with zero attached hydrogens (tertiary/aromatic N) is 1. The molecule has 0 aliphatic heterocycles. The molecule has 2 aliphatic rings. The second kappa shape index (κ2) is 7.20. The van der Waals surface area contributed by atoms with Crippen LogP contribution in [-0.2, 0) is 4.74 Å². The molecule has 0 bridgehead atoms. The van der Waals surface area contributed by atoms with Crippen molar-refractivity contribution in [2.75, 3.05) is 13.1 Å². The molecule has 2 aliphatic carbocycles. The SMILES string of the molecule is CC1CCCC(C)C1NCCN(C(=O)OC(C)(C)C)C1CC1. The molecule has 2 rings (SSSR count). The van der Waals surface area contributed by atoms with Gasteiger partial charge in [-0.1, -0.05) is 20.3 Å². The Hall–Kier alpha value is -0.770. The van der Waals surface area contributed by atoms with Crippen LogP contribution in [0.5, 0.6) is 0 Å². The third-order valence-electron chi connectivity index (χ3n) is 4.89. The highest BCUT2D eigenvalue weighted by Crippen LogP contribution is 2.30. The van der Waals surface area contributed by atoms with Crippen molar-refractivity contribution in [3.8, 4) is 0 Å². The molecule has 2 atom stereocenters. The van der Waals surface area contributed by atoms with Crippen LogP contribution in [-0.4, -0.2) is 41.8 Å². The average Bonchev–Trinajstić information content (AvgIpc) is 3.19. The Morgan fingerprint density at radius 3 is 2.23 bits per heavy atom. The van der Waals surface area contributed by atoms with Crippen molar-refractivity contribution in [2.45, 2.75) is 84.4 Å². The van der Waals surface area contributed by atoms with Crippen molar-refractivity contribution < 1.29 is 9.53 Å². The predicted molar refractivity (Wildman–Crippen MR) is 89.9 cm³/mol. The fourth-order valence-electron chi connectivity index (χ4n) is 3.57. The Balaban J connectivity index is 1.80. The molecule has 0 spiro atoms. The van der Waals surface area contributed by atoms with Crippen molar-refractivity contribution in [1.29, 1.82) is 0 Å². The normalized spacial score (nSPS) is 29.2. The van der Waals surface area contributed by atoms with Gasteiger partial charge in [-0.2, -0.15) is 0 Å². The van der Waals surface area contributed by atoms with Gasteiger partial charge in [0.1, 0.15) is 5.60 Å². The topological polar surface area (TPSA) is 41.6 Å². The molecule has 2 saturated carbocycles. The molecule has 128 valence electrons. The second-order valence-electron chi connectivity index (χ2n) is 8.27. The molecule has 22 heavy (non-hydrogen) atoms. The van der Waals surface area contributed by atoms with Gasteiger partial charge in [0.05, 0.1) is 0 Å². The molecule has 2 unspecified atom stereocenters. The van der Waals surface area contributed by atoms with Crippen molar-refractivity contribution in [3.05, 3.63) is 0 Å². The van der Waals surface area contributed by atoms with E-state index in [-0.39, 0.29) is 6.09 Å². The summed E-state index contributed by atoms with van der Waals surface area (Å²) < 4.78 is 5.55. The van der Waals surface area contributed by atoms with Crippen molar-refractivity contribution in [1.82, 2.24) is 10.2 Å². The molecule has 0 heterocycles. The van der Waals surface area contributed by atoms with Gasteiger partial charge in [-0.25, -0.2) is 4.79 Å². The number of rotatable bonds is 5. The van der Waals surface area contributed by atoms with Crippen LogP contribution in [0.25, 0.3) is 0 Å². The van der Waals surface area contributed by atoms with E-state index in [0.29, 0.717) is 12.1 Å². The first kappa shape index (κ1) is 17.6. The number of carbonyl (C=O) groups is 1. The lowest BCUT2D eigenvalue weighted by molar-refractivity contribution is 0.0231. The molecule has 0 aromatic carbocycles. The first-order chi connectivity index (χ1) is 10.3. The van der Waals surface area contributed by atoms with Crippen LogP contribution < -0.4 is 5.32 Å². The van der Waals surface area contributed by atoms with Gasteiger partial charge in [-0.15, -0.1) is 0 Å². The highest BCUT2D eigenvalue weighted by Gasteiger charge is 2.35.